The summed E-state index contributed by atoms with van der Waals surface area (Å²) in [7, 11) is 0. The Balaban J connectivity index is 1.19. The third-order valence-electron chi connectivity index (χ3n) is 9.28. The summed E-state index contributed by atoms with van der Waals surface area (Å²) in [6.45, 7) is 6.60. The van der Waals surface area contributed by atoms with Gasteiger partial charge in [-0.2, -0.15) is 0 Å². The van der Waals surface area contributed by atoms with Crippen LogP contribution in [0.1, 0.15) is 57.1 Å². The quantitative estimate of drug-likeness (QED) is 0.561. The molecular weight excluding hydrogens is 476 g/mol. The first-order chi connectivity index (χ1) is 17.4. The highest BCUT2D eigenvalue weighted by Gasteiger charge is 2.53. The molecule has 4 aliphatic carbocycles. The molecule has 1 aromatic rings. The Hall–Kier alpha value is -2.09. The third kappa shape index (κ3) is 4.54. The molecule has 194 valence electrons. The highest BCUT2D eigenvalue weighted by molar-refractivity contribution is 6.30. The fourth-order valence-corrected chi connectivity index (χ4v) is 8.28. The van der Waals surface area contributed by atoms with Crippen LogP contribution in [-0.4, -0.2) is 66.7 Å². The molecule has 0 spiro atoms. The molecule has 0 radical (unpaired) electrons. The van der Waals surface area contributed by atoms with E-state index < -0.39 is 12.0 Å². The molecule has 1 aromatic carbocycles. The minimum atomic E-state index is -0.571. The van der Waals surface area contributed by atoms with Gasteiger partial charge in [0.2, 0.25) is 0 Å². The summed E-state index contributed by atoms with van der Waals surface area (Å²) < 4.78 is 5.43. The third-order valence-corrected chi connectivity index (χ3v) is 9.54. The molecule has 5 fully saturated rings. The van der Waals surface area contributed by atoms with Crippen LogP contribution < -0.4 is 10.6 Å². The predicted octanol–water partition coefficient (Wildman–Crippen LogP) is 4.10. The molecule has 4 saturated carbocycles. The normalized spacial score (nSPS) is 34.4. The number of halogens is 1. The summed E-state index contributed by atoms with van der Waals surface area (Å²) in [5, 5.41) is 6.45. The van der Waals surface area contributed by atoms with Gasteiger partial charge >= 0.3 is 12.0 Å². The van der Waals surface area contributed by atoms with E-state index in [-0.39, 0.29) is 12.6 Å². The lowest BCUT2D eigenvalue weighted by molar-refractivity contribution is -0.139. The minimum Gasteiger partial charge on any atom is -0.463 e. The number of carbonyl (C=O) groups is 2. The van der Waals surface area contributed by atoms with Crippen molar-refractivity contribution < 1.29 is 14.3 Å². The van der Waals surface area contributed by atoms with Crippen LogP contribution >= 0.6 is 11.6 Å². The van der Waals surface area contributed by atoms with Crippen LogP contribution in [0.3, 0.4) is 0 Å². The summed E-state index contributed by atoms with van der Waals surface area (Å²) in [4.78, 5) is 30.9. The SMILES string of the molecule is CCOC(=O)C1=C(CN2CCN(C34CC5CC(CC(C5)C3)C4)CC2)NC(=O)NC1c1ccc(Cl)cc1. The zero-order chi connectivity index (χ0) is 24.9. The Morgan fingerprint density at radius 2 is 1.64 bits per heavy atom. The van der Waals surface area contributed by atoms with E-state index >= 15 is 0 Å². The van der Waals surface area contributed by atoms with Gasteiger partial charge in [-0.05, 0) is 80.9 Å². The van der Waals surface area contributed by atoms with Gasteiger partial charge in [-0.1, -0.05) is 23.7 Å². The number of esters is 1. The topological polar surface area (TPSA) is 73.9 Å². The summed E-state index contributed by atoms with van der Waals surface area (Å²) in [5.41, 5.74) is 2.35. The molecule has 2 aliphatic heterocycles. The molecule has 6 aliphatic rings. The summed E-state index contributed by atoms with van der Waals surface area (Å²) in [6, 6.07) is 6.37. The maximum atomic E-state index is 13.1. The van der Waals surface area contributed by atoms with Gasteiger partial charge < -0.3 is 15.4 Å². The number of nitrogens with zero attached hydrogens (tertiary/aromatic N) is 2. The second-order valence-corrected chi connectivity index (χ2v) is 12.0. The highest BCUT2D eigenvalue weighted by Crippen LogP contribution is 2.57. The van der Waals surface area contributed by atoms with Gasteiger partial charge in [-0.25, -0.2) is 9.59 Å². The van der Waals surface area contributed by atoms with Crippen molar-refractivity contribution in [2.45, 2.75) is 57.0 Å². The van der Waals surface area contributed by atoms with Crippen molar-refractivity contribution in [2.24, 2.45) is 17.8 Å². The van der Waals surface area contributed by atoms with Crippen LogP contribution in [-0.2, 0) is 9.53 Å². The maximum absolute atomic E-state index is 13.1. The Morgan fingerprint density at radius 3 is 2.22 bits per heavy atom. The van der Waals surface area contributed by atoms with Crippen molar-refractivity contribution in [1.82, 2.24) is 20.4 Å². The first-order valence-corrected chi connectivity index (χ1v) is 14.0. The van der Waals surface area contributed by atoms with Gasteiger partial charge in [0.25, 0.3) is 0 Å². The maximum Gasteiger partial charge on any atom is 0.338 e. The van der Waals surface area contributed by atoms with Gasteiger partial charge in [0.1, 0.15) is 0 Å². The zero-order valence-corrected chi connectivity index (χ0v) is 21.9. The first-order valence-electron chi connectivity index (χ1n) is 13.6. The molecule has 36 heavy (non-hydrogen) atoms. The number of hydrogen-bond donors (Lipinski definition) is 2. The second-order valence-electron chi connectivity index (χ2n) is 11.6. The molecule has 0 aromatic heterocycles. The van der Waals surface area contributed by atoms with E-state index in [4.69, 9.17) is 16.3 Å². The van der Waals surface area contributed by atoms with Gasteiger partial charge in [0, 0.05) is 49.0 Å². The first kappa shape index (κ1) is 24.3. The van der Waals surface area contributed by atoms with Crippen molar-refractivity contribution >= 4 is 23.6 Å². The van der Waals surface area contributed by atoms with Crippen molar-refractivity contribution in [2.75, 3.05) is 39.3 Å². The van der Waals surface area contributed by atoms with E-state index in [0.717, 1.165) is 49.5 Å². The minimum absolute atomic E-state index is 0.278. The van der Waals surface area contributed by atoms with Gasteiger partial charge in [-0.15, -0.1) is 0 Å². The molecule has 8 heteroatoms. The average Bonchev–Trinajstić information content (AvgIpc) is 2.84. The lowest BCUT2D eigenvalue weighted by Crippen LogP contribution is -2.64. The van der Waals surface area contributed by atoms with Gasteiger partial charge in [0.05, 0.1) is 18.2 Å². The van der Waals surface area contributed by atoms with Crippen molar-refractivity contribution in [3.05, 3.63) is 46.1 Å². The predicted molar refractivity (Wildman–Crippen MR) is 138 cm³/mol. The van der Waals surface area contributed by atoms with Crippen molar-refractivity contribution in [3.8, 4) is 0 Å². The standard InChI is InChI=1S/C28H37ClN4O3/c1-2-36-26(34)24-23(30-27(35)31-25(24)21-3-5-22(29)6-4-21)17-32-7-9-33(10-8-32)28-14-18-11-19(15-28)13-20(12-18)16-28/h3-6,18-20,25H,2,7-17H2,1H3,(H2,30,31,35). The molecule has 2 amide bonds. The van der Waals surface area contributed by atoms with E-state index in [2.05, 4.69) is 20.4 Å². The van der Waals surface area contributed by atoms with E-state index in [1.54, 1.807) is 19.1 Å². The lowest BCUT2D eigenvalue weighted by atomic mass is 9.52. The lowest BCUT2D eigenvalue weighted by Gasteiger charge is -2.61. The van der Waals surface area contributed by atoms with E-state index in [1.807, 2.05) is 12.1 Å². The molecular formula is C28H37ClN4O3. The van der Waals surface area contributed by atoms with Crippen LogP contribution in [0.2, 0.25) is 5.02 Å². The summed E-state index contributed by atoms with van der Waals surface area (Å²) in [6.07, 6.45) is 8.57. The number of hydrogen-bond acceptors (Lipinski definition) is 5. The molecule has 2 N–H and O–H groups in total. The van der Waals surface area contributed by atoms with Crippen LogP contribution in [0.4, 0.5) is 4.79 Å². The number of carbonyl (C=O) groups excluding carboxylic acids is 2. The van der Waals surface area contributed by atoms with Gasteiger partial charge in [0.15, 0.2) is 0 Å². The number of piperazine rings is 1. The van der Waals surface area contributed by atoms with Crippen molar-refractivity contribution in [3.63, 3.8) is 0 Å². The fourth-order valence-electron chi connectivity index (χ4n) is 8.15. The van der Waals surface area contributed by atoms with E-state index in [1.165, 1.54) is 38.5 Å². The number of amides is 2. The number of benzene rings is 1. The van der Waals surface area contributed by atoms with E-state index in [9.17, 15) is 9.59 Å². The fraction of sp³-hybridized carbons (Fsp3) is 0.643. The van der Waals surface area contributed by atoms with E-state index in [0.29, 0.717) is 28.4 Å². The van der Waals surface area contributed by atoms with Crippen molar-refractivity contribution in [1.29, 1.82) is 0 Å². The smallest absolute Gasteiger partial charge is 0.338 e. The number of rotatable bonds is 6. The Morgan fingerprint density at radius 1 is 1.03 bits per heavy atom. The molecule has 1 saturated heterocycles. The molecule has 1 atom stereocenters. The van der Waals surface area contributed by atoms with Crippen LogP contribution in [0.15, 0.2) is 35.5 Å². The molecule has 7 nitrogen and oxygen atoms in total. The zero-order valence-electron chi connectivity index (χ0n) is 21.1. The Bertz CT molecular complexity index is 1010. The number of nitrogens with one attached hydrogen (secondary N) is 2. The van der Waals surface area contributed by atoms with Crippen LogP contribution in [0.5, 0.6) is 0 Å². The summed E-state index contributed by atoms with van der Waals surface area (Å²) in [5.74, 6) is 2.44. The Labute approximate surface area is 218 Å². The largest absolute Gasteiger partial charge is 0.463 e. The molecule has 7 rings (SSSR count). The van der Waals surface area contributed by atoms with Crippen LogP contribution in [0, 0.1) is 17.8 Å². The monoisotopic (exact) mass is 512 g/mol. The second kappa shape index (κ2) is 9.66. The average molecular weight is 513 g/mol. The summed E-state index contributed by atoms with van der Waals surface area (Å²) >= 11 is 6.08. The Kier molecular flexibility index (Phi) is 6.51. The molecule has 2 heterocycles. The number of urea groups is 1. The molecule has 1 unspecified atom stereocenters. The number of ether oxygens (including phenoxy) is 1. The van der Waals surface area contributed by atoms with Gasteiger partial charge in [-0.3, -0.25) is 9.80 Å². The van der Waals surface area contributed by atoms with Crippen LogP contribution in [0.25, 0.3) is 0 Å². The molecule has 4 bridgehead atoms. The highest BCUT2D eigenvalue weighted by atomic mass is 35.5.